The van der Waals surface area contributed by atoms with Crippen LogP contribution in [-0.4, -0.2) is 84.4 Å². The van der Waals surface area contributed by atoms with Gasteiger partial charge in [0.15, 0.2) is 0 Å². The van der Waals surface area contributed by atoms with Gasteiger partial charge in [0.1, 0.15) is 24.7 Å². The van der Waals surface area contributed by atoms with E-state index in [9.17, 15) is 28.8 Å². The molecule has 0 bridgehead atoms. The molecule has 1 heterocycles. The summed E-state index contributed by atoms with van der Waals surface area (Å²) in [5, 5.41) is 24.8. The fraction of sp³-hybridized carbons (Fsp3) is 0.778. The maximum Gasteiger partial charge on any atom is 0.322 e. The molecular formula is C27H48N6O7. The fourth-order valence-corrected chi connectivity index (χ4v) is 4.38. The van der Waals surface area contributed by atoms with E-state index in [2.05, 4.69) is 31.9 Å². The highest BCUT2D eigenvalue weighted by Gasteiger charge is 2.30. The number of carboxylic acid groups (broad SMARTS) is 1. The fourth-order valence-electron chi connectivity index (χ4n) is 4.38. The molecule has 5 amide bonds. The van der Waals surface area contributed by atoms with E-state index in [1.807, 2.05) is 41.5 Å². The van der Waals surface area contributed by atoms with Crippen LogP contribution in [-0.2, 0) is 28.8 Å². The number of carboxylic acids is 1. The Bertz CT molecular complexity index is 887. The minimum Gasteiger partial charge on any atom is -0.480 e. The Kier molecular flexibility index (Phi) is 15.2. The van der Waals surface area contributed by atoms with Crippen LogP contribution in [0.2, 0.25) is 0 Å². The van der Waals surface area contributed by atoms with Crippen LogP contribution in [0.3, 0.4) is 0 Å². The van der Waals surface area contributed by atoms with Crippen LogP contribution in [0, 0.1) is 17.8 Å². The maximum atomic E-state index is 13.1. The Morgan fingerprint density at radius 3 is 1.62 bits per heavy atom. The van der Waals surface area contributed by atoms with Gasteiger partial charge < -0.3 is 37.0 Å². The van der Waals surface area contributed by atoms with Crippen LogP contribution in [0.4, 0.5) is 0 Å². The Labute approximate surface area is 236 Å². The summed E-state index contributed by atoms with van der Waals surface area (Å²) in [6.07, 6.45) is 2.52. The first-order valence-corrected chi connectivity index (χ1v) is 14.1. The molecule has 1 aliphatic rings. The summed E-state index contributed by atoms with van der Waals surface area (Å²) >= 11 is 0. The third kappa shape index (κ3) is 13.7. The average molecular weight is 569 g/mol. The molecule has 0 radical (unpaired) electrons. The highest BCUT2D eigenvalue weighted by molar-refractivity contribution is 5.95. The first-order chi connectivity index (χ1) is 18.7. The average Bonchev–Trinajstić information content (AvgIpc) is 3.39. The summed E-state index contributed by atoms with van der Waals surface area (Å²) in [5.74, 6) is -3.60. The van der Waals surface area contributed by atoms with Gasteiger partial charge in [0.25, 0.3) is 0 Å². The van der Waals surface area contributed by atoms with Gasteiger partial charge in [0, 0.05) is 0 Å². The Morgan fingerprint density at radius 2 is 1.18 bits per heavy atom. The largest absolute Gasteiger partial charge is 0.480 e. The van der Waals surface area contributed by atoms with Crippen molar-refractivity contribution < 1.29 is 33.9 Å². The third-order valence-corrected chi connectivity index (χ3v) is 6.25. The Morgan fingerprint density at radius 1 is 0.700 bits per heavy atom. The zero-order valence-corrected chi connectivity index (χ0v) is 24.6. The second-order valence-corrected chi connectivity index (χ2v) is 11.6. The van der Waals surface area contributed by atoms with Gasteiger partial charge >= 0.3 is 5.97 Å². The van der Waals surface area contributed by atoms with E-state index in [-0.39, 0.29) is 42.5 Å². The molecule has 13 heteroatoms. The summed E-state index contributed by atoms with van der Waals surface area (Å²) in [4.78, 5) is 74.6. The Hall–Kier alpha value is -3.22. The van der Waals surface area contributed by atoms with Crippen molar-refractivity contribution in [1.82, 2.24) is 31.9 Å². The molecule has 1 rings (SSSR count). The molecule has 0 aromatic heterocycles. The van der Waals surface area contributed by atoms with Crippen LogP contribution in [0.25, 0.3) is 0 Å². The molecule has 7 N–H and O–H groups in total. The van der Waals surface area contributed by atoms with Gasteiger partial charge in [-0.2, -0.15) is 0 Å². The molecule has 0 spiro atoms. The van der Waals surface area contributed by atoms with E-state index in [0.717, 1.165) is 13.0 Å². The lowest BCUT2D eigenvalue weighted by Crippen LogP contribution is -2.56. The van der Waals surface area contributed by atoms with Crippen molar-refractivity contribution in [3.8, 4) is 0 Å². The molecule has 1 saturated heterocycles. The van der Waals surface area contributed by atoms with Gasteiger partial charge in [-0.3, -0.25) is 28.8 Å². The van der Waals surface area contributed by atoms with Crippen LogP contribution in [0.1, 0.15) is 73.6 Å². The zero-order valence-electron chi connectivity index (χ0n) is 24.6. The van der Waals surface area contributed by atoms with E-state index >= 15 is 0 Å². The standard InChI is InChI=1S/C27H48N6O7/c1-15(2)10-19(32-26(39)18-8-7-9-28-18)24(37)29-13-22(34)31-21(12-17(5)6)27(40)33-20(11-16(3)4)25(38)30-14-23(35)36/h15-21,28H,7-14H2,1-6H3,(H,29,37)(H,30,38)(H,31,34)(H,32,39)(H,33,40)(H,35,36)/t18-,19-,20-,21-/m0/s1. The topological polar surface area (TPSA) is 195 Å². The van der Waals surface area contributed by atoms with Gasteiger partial charge in [-0.15, -0.1) is 0 Å². The summed E-state index contributed by atoms with van der Waals surface area (Å²) in [5.41, 5.74) is 0. The predicted octanol–water partition coefficient (Wildman–Crippen LogP) is -0.352. The first kappa shape index (κ1) is 34.8. The lowest BCUT2D eigenvalue weighted by atomic mass is 10.00. The number of aliphatic carboxylic acids is 1. The molecule has 228 valence electrons. The van der Waals surface area contributed by atoms with Crippen LogP contribution in [0.5, 0.6) is 0 Å². The molecule has 4 atom stereocenters. The lowest BCUT2D eigenvalue weighted by Gasteiger charge is -2.25. The van der Waals surface area contributed by atoms with E-state index in [4.69, 9.17) is 5.11 Å². The number of carbonyl (C=O) groups is 6. The smallest absolute Gasteiger partial charge is 0.322 e. The van der Waals surface area contributed by atoms with Gasteiger partial charge in [0.05, 0.1) is 12.6 Å². The molecule has 0 unspecified atom stereocenters. The molecule has 13 nitrogen and oxygen atoms in total. The van der Waals surface area contributed by atoms with Crippen molar-refractivity contribution in [1.29, 1.82) is 0 Å². The number of hydrogen-bond acceptors (Lipinski definition) is 7. The summed E-state index contributed by atoms with van der Waals surface area (Å²) in [6.45, 7) is 11.1. The van der Waals surface area contributed by atoms with Crippen molar-refractivity contribution in [2.24, 2.45) is 17.8 Å². The number of rotatable bonds is 17. The molecule has 0 saturated carbocycles. The molecule has 0 aromatic rings. The number of carbonyl (C=O) groups excluding carboxylic acids is 5. The second-order valence-electron chi connectivity index (χ2n) is 11.6. The van der Waals surface area contributed by atoms with Crippen molar-refractivity contribution in [2.45, 2.75) is 97.8 Å². The third-order valence-electron chi connectivity index (χ3n) is 6.25. The van der Waals surface area contributed by atoms with Crippen molar-refractivity contribution in [3.63, 3.8) is 0 Å². The monoisotopic (exact) mass is 568 g/mol. The van der Waals surface area contributed by atoms with Crippen molar-refractivity contribution in [3.05, 3.63) is 0 Å². The van der Waals surface area contributed by atoms with Crippen LogP contribution in [0.15, 0.2) is 0 Å². The van der Waals surface area contributed by atoms with Gasteiger partial charge in [-0.25, -0.2) is 0 Å². The molecule has 0 aliphatic carbocycles. The predicted molar refractivity (Wildman–Crippen MR) is 149 cm³/mol. The van der Waals surface area contributed by atoms with E-state index < -0.39 is 60.8 Å². The quantitative estimate of drug-likeness (QED) is 0.124. The minimum atomic E-state index is -1.21. The van der Waals surface area contributed by atoms with Crippen LogP contribution >= 0.6 is 0 Å². The zero-order chi connectivity index (χ0) is 30.4. The number of nitrogens with one attached hydrogen (secondary N) is 6. The molecule has 40 heavy (non-hydrogen) atoms. The first-order valence-electron chi connectivity index (χ1n) is 14.1. The highest BCUT2D eigenvalue weighted by Crippen LogP contribution is 2.10. The van der Waals surface area contributed by atoms with E-state index in [0.29, 0.717) is 12.8 Å². The minimum absolute atomic E-state index is 0.0184. The molecule has 0 aromatic carbocycles. The molecule has 1 aliphatic heterocycles. The van der Waals surface area contributed by atoms with Crippen molar-refractivity contribution in [2.75, 3.05) is 19.6 Å². The summed E-state index contributed by atoms with van der Waals surface area (Å²) in [7, 11) is 0. The summed E-state index contributed by atoms with van der Waals surface area (Å²) in [6, 6.07) is -3.11. The molecule has 1 fully saturated rings. The SMILES string of the molecule is CC(C)C[C@H](NC(=O)CNC(=O)[C@H](CC(C)C)NC(=O)[C@@H]1CCCN1)C(=O)N[C@@H](CC(C)C)C(=O)NCC(=O)O. The van der Waals surface area contributed by atoms with Gasteiger partial charge in [0.2, 0.25) is 29.5 Å². The number of amides is 5. The van der Waals surface area contributed by atoms with Gasteiger partial charge in [-0.05, 0) is 56.4 Å². The molecular weight excluding hydrogens is 520 g/mol. The highest BCUT2D eigenvalue weighted by atomic mass is 16.4. The summed E-state index contributed by atoms with van der Waals surface area (Å²) < 4.78 is 0. The maximum absolute atomic E-state index is 13.1. The second kappa shape index (κ2) is 17.5. The lowest BCUT2D eigenvalue weighted by molar-refractivity contribution is -0.138. The number of hydrogen-bond donors (Lipinski definition) is 7. The van der Waals surface area contributed by atoms with Crippen LogP contribution < -0.4 is 31.9 Å². The Balaban J connectivity index is 2.81. The van der Waals surface area contributed by atoms with Gasteiger partial charge in [-0.1, -0.05) is 41.5 Å². The normalized spacial score (nSPS) is 17.2. The van der Waals surface area contributed by atoms with Crippen molar-refractivity contribution >= 4 is 35.5 Å². The van der Waals surface area contributed by atoms with E-state index in [1.165, 1.54) is 0 Å². The van der Waals surface area contributed by atoms with E-state index in [1.54, 1.807) is 0 Å².